The standard InChI is InChI=1S/C88H74N16O16S8/c1-49-9-25-57(26-10-49)121(105,106)97-73-41-65-66(42-74(73)98-122(107,108)58-27-11-50(2)12-28-58)82-89-81(65)93-83-67-43-75(99-123(109,110)59-29-13-51(3)14-30-59)76(100-124(111,112)60-31-15-52(4)16-32-60)44-68(67)85(90-83)95-87-71-47-79(103-127(117,118)63-37-21-55(7)22-38-63)80(104-128(119,120)64-39-23-56(8)24-40-64)48-72(71)88(92-87)96-86-70-46-78(102-126(115,116)62-35-19-54(6)20-36-62)77(45-69(70)84(91-86)94-82)101-125(113,114)61-33-17-53(5)18-34-61/h9-48,97-104H,1-8H3,(H2,89,90,91,92,93,94,95,96). The summed E-state index contributed by atoms with van der Waals surface area (Å²) in [5.41, 5.74) is 0.608. The first kappa shape index (κ1) is 86.1. The van der Waals surface area contributed by atoms with Crippen LogP contribution in [0.2, 0.25) is 0 Å². The molecule has 12 aromatic carbocycles. The van der Waals surface area contributed by atoms with Crippen molar-refractivity contribution in [3.05, 3.63) is 287 Å². The SMILES string of the molecule is Cc1ccc(S(=O)(=O)Nc2cc3c(cc2NS(=O)(=O)c2ccc(C)cc2)-c2nc-3nc3[nH]c(nc4nc(nc5[nH]c(n2)c2cc(NS(=O)(=O)c6ccc(C)cc6)c(NS(=O)(=O)c6ccc(C)cc6)cc52)-c2cc(NS(=O)(=O)c5ccc(C)cc5)c(NS(=O)(=O)c5ccc(C)cc5)cc2-4)c2cc(NS(=O)(=O)c4ccc(C)cc4)c(NS(=O)(=O)c4ccc(C)cc4)cc32)cc1. The van der Waals surface area contributed by atoms with Crippen LogP contribution in [0.1, 0.15) is 44.5 Å². The molecule has 0 saturated carbocycles. The van der Waals surface area contributed by atoms with Crippen LogP contribution < -0.4 is 37.8 Å². The Morgan fingerprint density at radius 2 is 0.305 bits per heavy atom. The van der Waals surface area contributed by atoms with Crippen molar-refractivity contribution < 1.29 is 67.3 Å². The summed E-state index contributed by atoms with van der Waals surface area (Å²) < 4.78 is 259. The number of fused-ring (bicyclic) bond motifs is 20. The lowest BCUT2D eigenvalue weighted by Gasteiger charge is -2.17. The summed E-state index contributed by atoms with van der Waals surface area (Å²) >= 11 is 0. The van der Waals surface area contributed by atoms with E-state index in [0.29, 0.717) is 44.5 Å². The fraction of sp³-hybridized carbons (Fsp3) is 0.0909. The van der Waals surface area contributed by atoms with Crippen molar-refractivity contribution in [1.29, 1.82) is 0 Å². The van der Waals surface area contributed by atoms with Crippen LogP contribution in [0.25, 0.3) is 89.7 Å². The second-order valence-electron chi connectivity index (χ2n) is 30.7. The zero-order valence-corrected chi connectivity index (χ0v) is 75.1. The molecule has 40 heteroatoms. The highest BCUT2D eigenvalue weighted by molar-refractivity contribution is 7.95. The maximum atomic E-state index is 14.9. The van der Waals surface area contributed by atoms with Gasteiger partial charge in [0.1, 0.15) is 22.6 Å². The van der Waals surface area contributed by atoms with E-state index in [1.807, 2.05) is 0 Å². The molecule has 2 aliphatic rings. The second-order valence-corrected chi connectivity index (χ2v) is 44.2. The largest absolute Gasteiger partial charge is 0.324 e. The third kappa shape index (κ3) is 17.4. The molecule has 0 aliphatic carbocycles. The van der Waals surface area contributed by atoms with Gasteiger partial charge in [-0.25, -0.2) is 97.2 Å². The van der Waals surface area contributed by atoms with Crippen molar-refractivity contribution in [3.63, 3.8) is 0 Å². The Hall–Kier alpha value is -14.0. The Kier molecular flexibility index (Phi) is 21.6. The highest BCUT2D eigenvalue weighted by Crippen LogP contribution is 2.47. The highest BCUT2D eigenvalue weighted by Gasteiger charge is 2.33. The number of nitrogens with zero attached hydrogens (tertiary/aromatic N) is 6. The second kappa shape index (κ2) is 32.1. The molecule has 2 aliphatic heterocycles. The molecule has 0 saturated heterocycles. The summed E-state index contributed by atoms with van der Waals surface area (Å²) in [6.07, 6.45) is 0. The van der Waals surface area contributed by atoms with Gasteiger partial charge in [-0.1, -0.05) is 142 Å². The molecule has 3 aromatic heterocycles. The zero-order chi connectivity index (χ0) is 90.7. The summed E-state index contributed by atoms with van der Waals surface area (Å²) in [5, 5.41) is -0.335. The van der Waals surface area contributed by atoms with E-state index < -0.39 is 126 Å². The van der Waals surface area contributed by atoms with Crippen LogP contribution in [0.3, 0.4) is 0 Å². The van der Waals surface area contributed by atoms with Gasteiger partial charge < -0.3 is 9.97 Å². The van der Waals surface area contributed by atoms with Crippen molar-refractivity contribution in [2.75, 3.05) is 37.8 Å². The molecule has 10 N–H and O–H groups in total. The Morgan fingerprint density at radius 3 is 0.438 bits per heavy atom. The Labute approximate surface area is 736 Å². The van der Waals surface area contributed by atoms with Gasteiger partial charge in [-0.2, -0.15) is 0 Å². The summed E-state index contributed by atoms with van der Waals surface area (Å²) in [7, 11) is -37.6. The van der Waals surface area contributed by atoms with Crippen molar-refractivity contribution in [2.45, 2.75) is 94.6 Å². The molecule has 0 amide bonds. The molecule has 0 atom stereocenters. The topological polar surface area (TPSA) is 478 Å². The van der Waals surface area contributed by atoms with Gasteiger partial charge in [0.25, 0.3) is 80.2 Å². The average molecular weight is 1870 g/mol. The summed E-state index contributed by atoms with van der Waals surface area (Å²) in [4.78, 5) is 35.1. The molecule has 0 unspecified atom stereocenters. The number of aryl methyl sites for hydroxylation is 8. The highest BCUT2D eigenvalue weighted by atomic mass is 32.2. The predicted octanol–water partition coefficient (Wildman–Crippen LogP) is 15.7. The van der Waals surface area contributed by atoms with Gasteiger partial charge in [0.15, 0.2) is 23.3 Å². The van der Waals surface area contributed by atoms with Gasteiger partial charge in [-0.05, 0) is 201 Å². The smallest absolute Gasteiger partial charge is 0.261 e. The number of hydrogen-bond acceptors (Lipinski definition) is 22. The van der Waals surface area contributed by atoms with E-state index in [4.69, 9.17) is 29.9 Å². The summed E-state index contributed by atoms with van der Waals surface area (Å²) in [6, 6.07) is 55.9. The van der Waals surface area contributed by atoms with Crippen LogP contribution in [0.5, 0.6) is 0 Å². The Bertz CT molecular complexity index is 7390. The van der Waals surface area contributed by atoms with Gasteiger partial charge in [-0.15, -0.1) is 0 Å². The molecular formula is C88H74N16O16S8. The van der Waals surface area contributed by atoms with Gasteiger partial charge in [0, 0.05) is 43.8 Å². The molecule has 650 valence electrons. The lowest BCUT2D eigenvalue weighted by Crippen LogP contribution is -2.18. The molecule has 32 nitrogen and oxygen atoms in total. The maximum Gasteiger partial charge on any atom is 0.261 e. The molecular weight excluding hydrogens is 1790 g/mol. The van der Waals surface area contributed by atoms with Crippen LogP contribution in [-0.2, 0) is 80.2 Å². The summed E-state index contributed by atoms with van der Waals surface area (Å²) in [6.45, 7) is 13.9. The Morgan fingerprint density at radius 1 is 0.180 bits per heavy atom. The molecule has 17 rings (SSSR count). The van der Waals surface area contributed by atoms with E-state index in [2.05, 4.69) is 47.7 Å². The monoisotopic (exact) mass is 1870 g/mol. The molecule has 15 aromatic rings. The number of hydrogen-bond donors (Lipinski definition) is 10. The van der Waals surface area contributed by atoms with E-state index in [9.17, 15) is 67.3 Å². The first-order valence-corrected chi connectivity index (χ1v) is 50.7. The first-order chi connectivity index (χ1) is 60.5. The Balaban J connectivity index is 1.02. The molecule has 0 spiro atoms. The molecule has 128 heavy (non-hydrogen) atoms. The fourth-order valence-electron chi connectivity index (χ4n) is 14.0. The predicted molar refractivity (Wildman–Crippen MR) is 492 cm³/mol. The number of nitrogens with one attached hydrogen (secondary N) is 10. The summed E-state index contributed by atoms with van der Waals surface area (Å²) in [5.74, 6) is -1.50. The van der Waals surface area contributed by atoms with Crippen molar-refractivity contribution in [2.24, 2.45) is 0 Å². The van der Waals surface area contributed by atoms with Gasteiger partial charge in [0.05, 0.1) is 84.7 Å². The number of rotatable bonds is 24. The molecule has 0 radical (unpaired) electrons. The van der Waals surface area contributed by atoms with Crippen LogP contribution in [-0.4, -0.2) is 107 Å². The first-order valence-electron chi connectivity index (χ1n) is 38.8. The van der Waals surface area contributed by atoms with Crippen molar-refractivity contribution in [1.82, 2.24) is 39.9 Å². The van der Waals surface area contributed by atoms with Gasteiger partial charge in [0.2, 0.25) is 0 Å². The minimum absolute atomic E-state index is 0.0838. The number of aromatic amines is 2. The molecule has 5 heterocycles. The molecule has 8 bridgehead atoms. The quantitative estimate of drug-likeness (QED) is 0.0269. The lowest BCUT2D eigenvalue weighted by molar-refractivity contribution is 0.599. The number of sulfonamides is 8. The fourth-order valence-corrected chi connectivity index (χ4v) is 22.6. The van der Waals surface area contributed by atoms with Crippen LogP contribution in [0.15, 0.2) is 282 Å². The van der Waals surface area contributed by atoms with E-state index in [-0.39, 0.29) is 129 Å². The van der Waals surface area contributed by atoms with Crippen molar-refractivity contribution >= 4 is 170 Å². The lowest BCUT2D eigenvalue weighted by atomic mass is 10.1. The maximum absolute atomic E-state index is 14.9. The molecule has 0 fully saturated rings. The third-order valence-corrected chi connectivity index (χ3v) is 32.0. The van der Waals surface area contributed by atoms with E-state index in [1.165, 1.54) is 146 Å². The number of aromatic nitrogens is 8. The van der Waals surface area contributed by atoms with Crippen LogP contribution in [0, 0.1) is 55.4 Å². The minimum Gasteiger partial charge on any atom is -0.324 e. The number of benzene rings is 12. The zero-order valence-electron chi connectivity index (χ0n) is 68.6. The van der Waals surface area contributed by atoms with Gasteiger partial charge in [-0.3, -0.25) is 37.8 Å². The van der Waals surface area contributed by atoms with Crippen LogP contribution >= 0.6 is 0 Å². The van der Waals surface area contributed by atoms with Crippen molar-refractivity contribution in [3.8, 4) is 45.6 Å². The number of anilines is 8. The van der Waals surface area contributed by atoms with E-state index >= 15 is 0 Å². The normalized spacial score (nSPS) is 12.6. The average Bonchev–Trinajstić information content (AvgIpc) is 1.58. The van der Waals surface area contributed by atoms with Gasteiger partial charge >= 0.3 is 0 Å². The van der Waals surface area contributed by atoms with E-state index in [1.54, 1.807) is 152 Å². The third-order valence-electron chi connectivity index (χ3n) is 21.0. The number of H-pyrrole nitrogens is 2. The van der Waals surface area contributed by atoms with E-state index in [0.717, 1.165) is 0 Å². The minimum atomic E-state index is -4.70. The van der Waals surface area contributed by atoms with Crippen LogP contribution in [0.4, 0.5) is 45.5 Å².